The Labute approximate surface area is 413 Å². The van der Waals surface area contributed by atoms with E-state index in [1.165, 1.54) is 150 Å². The molecule has 374 valence electrons. The maximum Gasteiger partial charge on any atom is 0.0433 e. The topological polar surface area (TPSA) is 20.2 Å². The quantitative estimate of drug-likeness (QED) is 0.0610. The van der Waals surface area contributed by atoms with Crippen LogP contribution in [0.4, 0.5) is 0 Å². The van der Waals surface area contributed by atoms with Gasteiger partial charge in [0.25, 0.3) is 0 Å². The van der Waals surface area contributed by atoms with Gasteiger partial charge < -0.3 is 5.11 Å². The number of rotatable bonds is 39. The molecular weight excluding hydrogens is 797 g/mol. The molecule has 0 aliphatic carbocycles. The predicted molar refractivity (Wildman–Crippen MR) is 302 cm³/mol. The van der Waals surface area contributed by atoms with E-state index in [1.54, 1.807) is 0 Å². The number of allylic oxidation sites excluding steroid dienone is 23. The van der Waals surface area contributed by atoms with Gasteiger partial charge in [-0.1, -0.05) is 141 Å². The molecule has 0 amide bonds. The molecule has 66 heavy (non-hydrogen) atoms. The Morgan fingerprint density at radius 1 is 0.303 bits per heavy atom. The normalized spacial score (nSPS) is 15.3. The number of aliphatic hydroxyl groups is 1. The fourth-order valence-electron chi connectivity index (χ4n) is 8.23. The number of aliphatic hydroxyl groups excluding tert-OH is 1. The highest BCUT2D eigenvalue weighted by Crippen LogP contribution is 2.20. The van der Waals surface area contributed by atoms with Crippen molar-refractivity contribution >= 4 is 0 Å². The zero-order valence-corrected chi connectivity index (χ0v) is 46.2. The molecule has 0 radical (unpaired) electrons. The minimum absolute atomic E-state index is 0.310. The lowest BCUT2D eigenvalue weighted by Crippen LogP contribution is -1.97. The van der Waals surface area contributed by atoms with Crippen LogP contribution < -0.4 is 0 Å². The molecule has 0 rings (SSSR count). The van der Waals surface area contributed by atoms with Crippen molar-refractivity contribution in [2.75, 3.05) is 6.61 Å². The highest BCUT2D eigenvalue weighted by molar-refractivity contribution is 5.12. The molecule has 0 bridgehead atoms. The molecule has 0 aromatic heterocycles. The summed E-state index contributed by atoms with van der Waals surface area (Å²) in [5.74, 6) is 0.614. The predicted octanol–water partition coefficient (Wildman–Crippen LogP) is 21.7. The molecule has 0 saturated heterocycles. The van der Waals surface area contributed by atoms with Crippen LogP contribution in [0.3, 0.4) is 0 Å². The smallest absolute Gasteiger partial charge is 0.0433 e. The fraction of sp³-hybridized carbons (Fsp3) is 0.631. The van der Waals surface area contributed by atoms with Gasteiger partial charge in [0.1, 0.15) is 0 Å². The van der Waals surface area contributed by atoms with Crippen LogP contribution >= 0.6 is 0 Å². The highest BCUT2D eigenvalue weighted by atomic mass is 16.3. The summed E-state index contributed by atoms with van der Waals surface area (Å²) >= 11 is 0. The molecule has 0 aliphatic rings. The molecule has 1 heteroatoms. The Bertz CT molecular complexity index is 1660. The van der Waals surface area contributed by atoms with Crippen molar-refractivity contribution in [3.8, 4) is 0 Å². The zero-order chi connectivity index (χ0) is 49.4. The van der Waals surface area contributed by atoms with Crippen LogP contribution in [0.25, 0.3) is 0 Å². The van der Waals surface area contributed by atoms with E-state index in [1.807, 2.05) is 0 Å². The Balaban J connectivity index is 4.28. The van der Waals surface area contributed by atoms with E-state index in [2.05, 4.69) is 163 Å². The molecule has 0 heterocycles. The first-order valence-electron chi connectivity index (χ1n) is 27.0. The molecule has 0 fully saturated rings. The Hall–Kier alpha value is -3.16. The van der Waals surface area contributed by atoms with Crippen molar-refractivity contribution in [1.29, 1.82) is 0 Å². The van der Waals surface area contributed by atoms with Crippen LogP contribution in [0.5, 0.6) is 0 Å². The van der Waals surface area contributed by atoms with Gasteiger partial charge in [-0.15, -0.1) is 6.58 Å². The second-order valence-electron chi connectivity index (χ2n) is 20.9. The van der Waals surface area contributed by atoms with E-state index < -0.39 is 0 Å². The van der Waals surface area contributed by atoms with Crippen molar-refractivity contribution in [3.05, 3.63) is 140 Å². The average Bonchev–Trinajstić information content (AvgIpc) is 3.23. The van der Waals surface area contributed by atoms with E-state index >= 15 is 0 Å². The first-order valence-corrected chi connectivity index (χ1v) is 27.0. The van der Waals surface area contributed by atoms with Crippen molar-refractivity contribution in [2.24, 2.45) is 5.92 Å². The molecule has 1 atom stereocenters. The summed E-state index contributed by atoms with van der Waals surface area (Å²) in [5.41, 5.74) is 18.1. The molecule has 1 nitrogen and oxygen atoms in total. The van der Waals surface area contributed by atoms with Crippen molar-refractivity contribution < 1.29 is 5.11 Å². The van der Waals surface area contributed by atoms with Crippen molar-refractivity contribution in [3.63, 3.8) is 0 Å². The largest absolute Gasteiger partial charge is 0.396 e. The van der Waals surface area contributed by atoms with Crippen LogP contribution in [-0.4, -0.2) is 11.7 Å². The second kappa shape index (κ2) is 42.0. The molecule has 0 spiro atoms. The molecule has 0 aromatic rings. The molecule has 0 saturated carbocycles. The van der Waals surface area contributed by atoms with Gasteiger partial charge in [0.05, 0.1) is 0 Å². The Kier molecular flexibility index (Phi) is 40.0. The summed E-state index contributed by atoms with van der Waals surface area (Å²) in [6.07, 6.45) is 57.1. The number of hydrogen-bond acceptors (Lipinski definition) is 1. The first kappa shape index (κ1) is 62.8. The fourth-order valence-corrected chi connectivity index (χ4v) is 8.23. The third-order valence-corrected chi connectivity index (χ3v) is 13.3. The maximum atomic E-state index is 9.08. The van der Waals surface area contributed by atoms with Gasteiger partial charge in [0, 0.05) is 6.61 Å². The molecule has 1 N–H and O–H groups in total. The van der Waals surface area contributed by atoms with Crippen LogP contribution in [0.1, 0.15) is 257 Å². The third kappa shape index (κ3) is 42.2. The van der Waals surface area contributed by atoms with E-state index in [4.69, 9.17) is 5.11 Å². The Morgan fingerprint density at radius 2 is 0.500 bits per heavy atom. The zero-order valence-electron chi connectivity index (χ0n) is 46.2. The summed E-state index contributed by atoms with van der Waals surface area (Å²) in [7, 11) is 0. The lowest BCUT2D eigenvalue weighted by molar-refractivity contribution is 0.259. The Morgan fingerprint density at radius 3 is 0.697 bits per heavy atom. The van der Waals surface area contributed by atoms with Crippen LogP contribution in [0.2, 0.25) is 0 Å². The second-order valence-corrected chi connectivity index (χ2v) is 20.9. The van der Waals surface area contributed by atoms with E-state index in [9.17, 15) is 0 Å². The summed E-state index contributed by atoms with van der Waals surface area (Å²) in [5, 5.41) is 9.08. The van der Waals surface area contributed by atoms with Crippen LogP contribution in [-0.2, 0) is 0 Å². The van der Waals surface area contributed by atoms with Crippen LogP contribution in [0, 0.1) is 5.92 Å². The minimum Gasteiger partial charge on any atom is -0.396 e. The highest BCUT2D eigenvalue weighted by Gasteiger charge is 2.01. The van der Waals surface area contributed by atoms with Gasteiger partial charge in [-0.2, -0.15) is 0 Å². The number of hydrogen-bond donors (Lipinski definition) is 1. The summed E-state index contributed by atoms with van der Waals surface area (Å²) in [6, 6.07) is 0. The van der Waals surface area contributed by atoms with E-state index in [0.29, 0.717) is 12.5 Å². The summed E-state index contributed by atoms with van der Waals surface area (Å²) in [6.45, 7) is 34.0. The first-order chi connectivity index (χ1) is 31.5. The monoisotopic (exact) mass is 905 g/mol. The lowest BCUT2D eigenvalue weighted by Gasteiger charge is -2.07. The lowest BCUT2D eigenvalue weighted by atomic mass is 10.0. The van der Waals surface area contributed by atoms with E-state index in [0.717, 1.165) is 83.5 Å². The summed E-state index contributed by atoms with van der Waals surface area (Å²) < 4.78 is 0. The maximum absolute atomic E-state index is 9.08. The summed E-state index contributed by atoms with van der Waals surface area (Å²) in [4.78, 5) is 0. The molecule has 1 unspecified atom stereocenters. The molecule has 0 aliphatic heterocycles. The average molecular weight is 906 g/mol. The van der Waals surface area contributed by atoms with E-state index in [-0.39, 0.29) is 0 Å². The minimum atomic E-state index is 0.310. The van der Waals surface area contributed by atoms with Gasteiger partial charge in [-0.3, -0.25) is 0 Å². The van der Waals surface area contributed by atoms with Gasteiger partial charge in [0.15, 0.2) is 0 Å². The van der Waals surface area contributed by atoms with Crippen LogP contribution in [0.15, 0.2) is 140 Å². The van der Waals surface area contributed by atoms with Gasteiger partial charge >= 0.3 is 0 Å². The SMILES string of the molecule is C=C(C)CCCC(C)=CCCC(C)=CCCC(C)=CCCC(C)=CCCC(C)=CCCC(C)=CCCC(C)=CCCC(C)=CCCC(C)=CCCC(C)=CCCC(C)=CCCC(C)CCO. The molecule has 0 aromatic carbocycles. The molecular formula is C65H108O. The van der Waals surface area contributed by atoms with Crippen molar-refractivity contribution in [2.45, 2.75) is 257 Å². The van der Waals surface area contributed by atoms with Crippen molar-refractivity contribution in [1.82, 2.24) is 0 Å². The standard InChI is InChI=1S/C65H108O/c1-53(2)27-15-28-54(3)29-16-30-55(4)31-17-32-56(5)33-18-34-57(6)35-19-36-58(7)37-20-38-59(8)39-21-40-60(9)41-22-42-61(10)43-23-44-62(11)45-24-46-63(12)47-25-48-64(13)49-26-50-65(14)51-52-66/h29,31,33,35,37,39,41,43,45,47,49,65-66H,1,15-28,30,32,34,36,38,40,42,44,46,48,50-52H2,2-14H3. The van der Waals surface area contributed by atoms with Gasteiger partial charge in [-0.25, -0.2) is 0 Å². The van der Waals surface area contributed by atoms with Gasteiger partial charge in [-0.05, 0) is 256 Å². The third-order valence-electron chi connectivity index (χ3n) is 13.3. The van der Waals surface area contributed by atoms with Gasteiger partial charge in [0.2, 0.25) is 0 Å².